The highest BCUT2D eigenvalue weighted by atomic mass is 19.1. The van der Waals surface area contributed by atoms with Gasteiger partial charge in [-0.3, -0.25) is 9.59 Å². The maximum Gasteiger partial charge on any atom is 0.224 e. The van der Waals surface area contributed by atoms with Crippen LogP contribution in [-0.4, -0.2) is 17.2 Å². The molecule has 4 rings (SSSR count). The van der Waals surface area contributed by atoms with Gasteiger partial charge in [0.05, 0.1) is 0 Å². The number of carbonyl (C=O) groups is 2. The molecule has 4 heteroatoms. The first-order chi connectivity index (χ1) is 12.6. The smallest absolute Gasteiger partial charge is 0.224 e. The molecule has 0 saturated carbocycles. The van der Waals surface area contributed by atoms with E-state index in [0.29, 0.717) is 16.7 Å². The van der Waals surface area contributed by atoms with Crippen LogP contribution in [0.2, 0.25) is 0 Å². The topological polar surface area (TPSA) is 46.7 Å². The van der Waals surface area contributed by atoms with Gasteiger partial charge in [-0.25, -0.2) is 4.39 Å². The molecule has 0 amide bonds. The van der Waals surface area contributed by atoms with E-state index >= 15 is 0 Å². The van der Waals surface area contributed by atoms with Crippen LogP contribution in [0.5, 0.6) is 0 Å². The number of ether oxygens (including phenoxy) is 1. The third-order valence-electron chi connectivity index (χ3n) is 4.54. The molecule has 0 spiro atoms. The number of Topliss-reactive ketones (excluding diaryl/α,β-unsaturated/α-hetero) is 2. The molecule has 0 N–H and O–H groups in total. The monoisotopic (exact) mass is 346 g/mol. The molecule has 26 heavy (non-hydrogen) atoms. The number of epoxide rings is 1. The second kappa shape index (κ2) is 6.32. The van der Waals surface area contributed by atoms with E-state index in [4.69, 9.17) is 4.74 Å². The third kappa shape index (κ3) is 2.65. The second-order valence-electron chi connectivity index (χ2n) is 6.18. The van der Waals surface area contributed by atoms with E-state index in [1.165, 1.54) is 24.3 Å². The highest BCUT2D eigenvalue weighted by Gasteiger charge is 2.68. The van der Waals surface area contributed by atoms with Crippen molar-refractivity contribution in [2.75, 3.05) is 0 Å². The molecule has 1 saturated heterocycles. The summed E-state index contributed by atoms with van der Waals surface area (Å²) in [5.74, 6) is -1.16. The minimum atomic E-state index is -1.61. The van der Waals surface area contributed by atoms with Crippen molar-refractivity contribution in [2.24, 2.45) is 0 Å². The summed E-state index contributed by atoms with van der Waals surface area (Å²) < 4.78 is 19.0. The number of carbonyl (C=O) groups excluding carboxylic acids is 2. The summed E-state index contributed by atoms with van der Waals surface area (Å²) in [5, 5.41) is 0. The Morgan fingerprint density at radius 1 is 0.731 bits per heavy atom. The molecule has 1 aliphatic rings. The molecule has 0 bridgehead atoms. The van der Waals surface area contributed by atoms with E-state index in [0.717, 1.165) is 0 Å². The van der Waals surface area contributed by atoms with Crippen LogP contribution in [0.1, 0.15) is 32.4 Å². The van der Waals surface area contributed by atoms with Crippen molar-refractivity contribution in [2.45, 2.75) is 11.7 Å². The molecule has 3 aromatic rings. The van der Waals surface area contributed by atoms with Crippen LogP contribution < -0.4 is 0 Å². The van der Waals surface area contributed by atoms with Crippen molar-refractivity contribution in [3.05, 3.63) is 107 Å². The van der Waals surface area contributed by atoms with Gasteiger partial charge in [-0.15, -0.1) is 0 Å². The summed E-state index contributed by atoms with van der Waals surface area (Å²) in [6, 6.07) is 22.9. The van der Waals surface area contributed by atoms with Gasteiger partial charge in [-0.2, -0.15) is 0 Å². The largest absolute Gasteiger partial charge is 0.344 e. The lowest BCUT2D eigenvalue weighted by atomic mass is 9.85. The standard InChI is InChI=1S/C22H15FO3/c23-18-13-11-17(12-14-18)21-22(26-21,19(24)15-7-3-1-4-8-15)20(25)16-9-5-2-6-10-16/h1-14,21H/t21-/m1/s1. The van der Waals surface area contributed by atoms with Gasteiger partial charge in [0.1, 0.15) is 11.9 Å². The Morgan fingerprint density at radius 3 is 1.65 bits per heavy atom. The average Bonchev–Trinajstić information content (AvgIpc) is 3.45. The van der Waals surface area contributed by atoms with Gasteiger partial charge in [0.25, 0.3) is 0 Å². The Kier molecular flexibility index (Phi) is 3.98. The van der Waals surface area contributed by atoms with Crippen LogP contribution in [0.3, 0.4) is 0 Å². The summed E-state index contributed by atoms with van der Waals surface area (Å²) in [6.07, 6.45) is -0.733. The minimum Gasteiger partial charge on any atom is -0.344 e. The Labute approximate surface area is 150 Å². The Morgan fingerprint density at radius 2 is 1.19 bits per heavy atom. The molecule has 0 unspecified atom stereocenters. The predicted molar refractivity (Wildman–Crippen MR) is 94.5 cm³/mol. The summed E-state index contributed by atoms with van der Waals surface area (Å²) >= 11 is 0. The lowest BCUT2D eigenvalue weighted by Crippen LogP contribution is -2.35. The van der Waals surface area contributed by atoms with Crippen molar-refractivity contribution < 1.29 is 18.7 Å². The zero-order valence-corrected chi connectivity index (χ0v) is 13.8. The maximum atomic E-state index is 13.2. The van der Waals surface area contributed by atoms with E-state index in [1.54, 1.807) is 60.7 Å². The average molecular weight is 346 g/mol. The van der Waals surface area contributed by atoms with Crippen LogP contribution in [-0.2, 0) is 4.74 Å². The lowest BCUT2D eigenvalue weighted by Gasteiger charge is -2.12. The van der Waals surface area contributed by atoms with Gasteiger partial charge in [-0.05, 0) is 17.7 Å². The zero-order valence-electron chi connectivity index (χ0n) is 13.8. The molecule has 3 nitrogen and oxygen atoms in total. The van der Waals surface area contributed by atoms with Crippen molar-refractivity contribution >= 4 is 11.6 Å². The molecular weight excluding hydrogens is 331 g/mol. The number of halogens is 1. The van der Waals surface area contributed by atoms with Crippen LogP contribution in [0.25, 0.3) is 0 Å². The summed E-state index contributed by atoms with van der Waals surface area (Å²) in [5.41, 5.74) is -0.205. The number of rotatable bonds is 5. The fourth-order valence-corrected chi connectivity index (χ4v) is 3.15. The number of ketones is 2. The molecule has 0 aromatic heterocycles. The van der Waals surface area contributed by atoms with Gasteiger partial charge in [0, 0.05) is 11.1 Å². The zero-order chi connectivity index (χ0) is 18.1. The van der Waals surface area contributed by atoms with Gasteiger partial charge in [-0.1, -0.05) is 72.8 Å². The highest BCUT2D eigenvalue weighted by molar-refractivity contribution is 6.25. The molecule has 1 fully saturated rings. The number of hydrogen-bond acceptors (Lipinski definition) is 3. The van der Waals surface area contributed by atoms with Crippen LogP contribution in [0, 0.1) is 5.82 Å². The number of benzene rings is 3. The summed E-state index contributed by atoms with van der Waals surface area (Å²) in [6.45, 7) is 0. The van der Waals surface area contributed by atoms with Crippen molar-refractivity contribution in [3.63, 3.8) is 0 Å². The first-order valence-corrected chi connectivity index (χ1v) is 8.26. The van der Waals surface area contributed by atoms with Crippen molar-refractivity contribution in [1.82, 2.24) is 0 Å². The van der Waals surface area contributed by atoms with Gasteiger partial charge >= 0.3 is 0 Å². The molecule has 128 valence electrons. The minimum absolute atomic E-state index is 0.385. The van der Waals surface area contributed by atoms with Crippen molar-refractivity contribution in [1.29, 1.82) is 0 Å². The molecule has 3 aromatic carbocycles. The predicted octanol–water partition coefficient (Wildman–Crippen LogP) is 4.40. The fraction of sp³-hybridized carbons (Fsp3) is 0.0909. The first kappa shape index (κ1) is 16.4. The molecule has 1 heterocycles. The van der Waals surface area contributed by atoms with E-state index in [-0.39, 0.29) is 17.4 Å². The van der Waals surface area contributed by atoms with Gasteiger partial charge in [0.15, 0.2) is 0 Å². The molecule has 0 radical (unpaired) electrons. The highest BCUT2D eigenvalue weighted by Crippen LogP contribution is 2.53. The fourth-order valence-electron chi connectivity index (χ4n) is 3.15. The van der Waals surface area contributed by atoms with E-state index in [1.807, 2.05) is 0 Å². The quantitative estimate of drug-likeness (QED) is 0.391. The number of hydrogen-bond donors (Lipinski definition) is 0. The van der Waals surface area contributed by atoms with Crippen LogP contribution in [0.4, 0.5) is 4.39 Å². The molecule has 1 atom stereocenters. The second-order valence-corrected chi connectivity index (χ2v) is 6.18. The lowest BCUT2D eigenvalue weighted by molar-refractivity contribution is 0.0752. The SMILES string of the molecule is O=C(c1ccccc1)C1(C(=O)c2ccccc2)O[C@@H]1c1ccc(F)cc1. The maximum absolute atomic E-state index is 13.2. The summed E-state index contributed by atoms with van der Waals surface area (Å²) in [4.78, 5) is 26.3. The van der Waals surface area contributed by atoms with Crippen molar-refractivity contribution in [3.8, 4) is 0 Å². The Balaban J connectivity index is 1.77. The first-order valence-electron chi connectivity index (χ1n) is 8.26. The van der Waals surface area contributed by atoms with Gasteiger partial charge < -0.3 is 4.74 Å². The molecule has 0 aliphatic carbocycles. The van der Waals surface area contributed by atoms with Crippen LogP contribution >= 0.6 is 0 Å². The normalized spacial score (nSPS) is 17.5. The van der Waals surface area contributed by atoms with Gasteiger partial charge in [0.2, 0.25) is 17.2 Å². The van der Waals surface area contributed by atoms with E-state index in [2.05, 4.69) is 0 Å². The molecular formula is C22H15FO3. The Bertz CT molecular complexity index is 898. The molecule has 1 aliphatic heterocycles. The van der Waals surface area contributed by atoms with E-state index in [9.17, 15) is 14.0 Å². The van der Waals surface area contributed by atoms with E-state index < -0.39 is 11.7 Å². The summed E-state index contributed by atoms with van der Waals surface area (Å²) in [7, 11) is 0. The third-order valence-corrected chi connectivity index (χ3v) is 4.54. The Hall–Kier alpha value is -3.11. The van der Waals surface area contributed by atoms with Crippen LogP contribution in [0.15, 0.2) is 84.9 Å².